The summed E-state index contributed by atoms with van der Waals surface area (Å²) in [7, 11) is 1.66. The lowest BCUT2D eigenvalue weighted by Crippen LogP contribution is -2.42. The molecule has 24 heavy (non-hydrogen) atoms. The van der Waals surface area contributed by atoms with E-state index in [9.17, 15) is 13.2 Å². The molecule has 4 nitrogen and oxygen atoms in total. The van der Waals surface area contributed by atoms with E-state index in [0.717, 1.165) is 35.3 Å². The number of aliphatic imine (C=N–C) groups is 1. The normalized spacial score (nSPS) is 21.5. The molecule has 10 heteroatoms. The van der Waals surface area contributed by atoms with Crippen molar-refractivity contribution in [3.63, 3.8) is 0 Å². The van der Waals surface area contributed by atoms with E-state index < -0.39 is 11.9 Å². The lowest BCUT2D eigenvalue weighted by molar-refractivity contribution is -0.140. The summed E-state index contributed by atoms with van der Waals surface area (Å²) in [5.74, 6) is 1.73. The number of aromatic nitrogens is 1. The van der Waals surface area contributed by atoms with Crippen molar-refractivity contribution in [2.24, 2.45) is 4.99 Å². The molecule has 0 radical (unpaired) electrons. The molecular formula is C14H22F3IN4S2. The Morgan fingerprint density at radius 3 is 2.79 bits per heavy atom. The fraction of sp³-hybridized carbons (Fsp3) is 0.714. The van der Waals surface area contributed by atoms with Crippen LogP contribution in [0.15, 0.2) is 10.4 Å². The molecule has 0 aromatic carbocycles. The summed E-state index contributed by atoms with van der Waals surface area (Å²) in [5.41, 5.74) is -0.836. The zero-order chi connectivity index (χ0) is 16.9. The number of rotatable bonds is 5. The maximum Gasteiger partial charge on any atom is 0.434 e. The summed E-state index contributed by atoms with van der Waals surface area (Å²) in [6.07, 6.45) is -1.01. The smallest absolute Gasteiger partial charge is 0.354 e. The molecule has 1 fully saturated rings. The lowest BCUT2D eigenvalue weighted by Gasteiger charge is -2.17. The number of nitrogens with zero attached hydrogens (tertiary/aromatic N) is 2. The molecule has 0 bridgehead atoms. The van der Waals surface area contributed by atoms with E-state index in [1.165, 1.54) is 6.42 Å². The zero-order valence-electron chi connectivity index (χ0n) is 13.5. The second-order valence-electron chi connectivity index (χ2n) is 5.28. The quantitative estimate of drug-likeness (QED) is 0.368. The van der Waals surface area contributed by atoms with Crippen LogP contribution in [-0.4, -0.2) is 35.0 Å². The highest BCUT2D eigenvalue weighted by molar-refractivity contribution is 14.0. The minimum Gasteiger partial charge on any atom is -0.354 e. The summed E-state index contributed by atoms with van der Waals surface area (Å²) in [5, 5.41) is 8.50. The van der Waals surface area contributed by atoms with Crippen molar-refractivity contribution in [1.29, 1.82) is 0 Å². The van der Waals surface area contributed by atoms with Gasteiger partial charge in [0.2, 0.25) is 0 Å². The number of thioether (sulfide) groups is 1. The van der Waals surface area contributed by atoms with Crippen molar-refractivity contribution >= 4 is 53.0 Å². The van der Waals surface area contributed by atoms with Crippen LogP contribution in [0, 0.1) is 0 Å². The van der Waals surface area contributed by atoms with Crippen LogP contribution in [0.25, 0.3) is 0 Å². The van der Waals surface area contributed by atoms with Gasteiger partial charge in [0.1, 0.15) is 5.01 Å². The fourth-order valence-corrected chi connectivity index (χ4v) is 4.41. The number of alkyl halides is 3. The van der Waals surface area contributed by atoms with Crippen molar-refractivity contribution < 1.29 is 13.2 Å². The first-order valence-electron chi connectivity index (χ1n) is 7.52. The van der Waals surface area contributed by atoms with Gasteiger partial charge in [-0.2, -0.15) is 24.9 Å². The molecule has 138 valence electrons. The van der Waals surface area contributed by atoms with Crippen LogP contribution in [0.2, 0.25) is 0 Å². The average molecular weight is 494 g/mol. The Balaban J connectivity index is 0.00000288. The fourth-order valence-electron chi connectivity index (χ4n) is 2.53. The first-order valence-corrected chi connectivity index (χ1v) is 9.45. The first kappa shape index (κ1) is 21.8. The summed E-state index contributed by atoms with van der Waals surface area (Å²) in [6, 6.07) is 0.368. The second-order valence-corrected chi connectivity index (χ2v) is 7.80. The van der Waals surface area contributed by atoms with Crippen molar-refractivity contribution in [2.75, 3.05) is 12.8 Å². The van der Waals surface area contributed by atoms with Crippen LogP contribution in [0.5, 0.6) is 0 Å². The van der Waals surface area contributed by atoms with Gasteiger partial charge in [-0.1, -0.05) is 6.92 Å². The third kappa shape index (κ3) is 6.58. The van der Waals surface area contributed by atoms with Crippen molar-refractivity contribution in [3.05, 3.63) is 16.1 Å². The predicted octanol–water partition coefficient (Wildman–Crippen LogP) is 4.12. The largest absolute Gasteiger partial charge is 0.434 e. The van der Waals surface area contributed by atoms with Crippen molar-refractivity contribution in [1.82, 2.24) is 15.6 Å². The summed E-state index contributed by atoms with van der Waals surface area (Å²) in [6.45, 7) is 2.40. The SMILES string of the molecule is CCSC1CCC(NC(=NC)NCc2nc(C(F)(F)F)cs2)C1.I. The van der Waals surface area contributed by atoms with E-state index >= 15 is 0 Å². The van der Waals surface area contributed by atoms with Crippen molar-refractivity contribution in [3.8, 4) is 0 Å². The van der Waals surface area contributed by atoms with E-state index in [4.69, 9.17) is 0 Å². The highest BCUT2D eigenvalue weighted by Gasteiger charge is 2.33. The lowest BCUT2D eigenvalue weighted by atomic mass is 10.2. The molecular weight excluding hydrogens is 472 g/mol. The standard InChI is InChI=1S/C14H21F3N4S2.HI/c1-3-22-10-5-4-9(6-10)20-13(18-2)19-7-12-21-11(8-23-12)14(15,16)17;/h8-10H,3-7H2,1-2H3,(H2,18,19,20);1H. The Bertz CT molecular complexity index is 536. The van der Waals surface area contributed by atoms with E-state index in [1.54, 1.807) is 7.05 Å². The molecule has 0 amide bonds. The molecule has 1 saturated carbocycles. The van der Waals surface area contributed by atoms with Crippen LogP contribution in [-0.2, 0) is 12.7 Å². The number of thiazole rings is 1. The van der Waals surface area contributed by atoms with Gasteiger partial charge in [-0.15, -0.1) is 35.3 Å². The highest BCUT2D eigenvalue weighted by atomic mass is 127. The summed E-state index contributed by atoms with van der Waals surface area (Å²) < 4.78 is 37.6. The van der Waals surface area contributed by atoms with Gasteiger partial charge in [-0.05, 0) is 25.0 Å². The molecule has 1 aliphatic rings. The maximum atomic E-state index is 12.5. The van der Waals surface area contributed by atoms with Gasteiger partial charge in [0.05, 0.1) is 6.54 Å². The van der Waals surface area contributed by atoms with Crippen LogP contribution in [0.3, 0.4) is 0 Å². The van der Waals surface area contributed by atoms with E-state index in [-0.39, 0.29) is 30.5 Å². The minimum atomic E-state index is -4.38. The van der Waals surface area contributed by atoms with Crippen molar-refractivity contribution in [2.45, 2.75) is 50.2 Å². The monoisotopic (exact) mass is 494 g/mol. The molecule has 2 N–H and O–H groups in total. The number of nitrogens with one attached hydrogen (secondary N) is 2. The molecule has 1 aromatic heterocycles. The van der Waals surface area contributed by atoms with Gasteiger partial charge in [-0.25, -0.2) is 4.98 Å². The molecule has 1 aliphatic carbocycles. The Kier molecular flexibility index (Phi) is 9.13. The molecule has 1 aromatic rings. The van der Waals surface area contributed by atoms with Gasteiger partial charge in [-0.3, -0.25) is 4.99 Å². The molecule has 2 atom stereocenters. The van der Waals surface area contributed by atoms with Gasteiger partial charge < -0.3 is 10.6 Å². The Labute approximate surface area is 165 Å². The second kappa shape index (κ2) is 10.0. The molecule has 2 rings (SSSR count). The number of hydrogen-bond acceptors (Lipinski definition) is 4. The van der Waals surface area contributed by atoms with Crippen LogP contribution < -0.4 is 10.6 Å². The highest BCUT2D eigenvalue weighted by Crippen LogP contribution is 2.30. The third-order valence-electron chi connectivity index (χ3n) is 3.60. The predicted molar refractivity (Wildman–Crippen MR) is 105 cm³/mol. The summed E-state index contributed by atoms with van der Waals surface area (Å²) in [4.78, 5) is 7.74. The van der Waals surface area contributed by atoms with Gasteiger partial charge in [0, 0.05) is 23.7 Å². The van der Waals surface area contributed by atoms with Gasteiger partial charge in [0.15, 0.2) is 11.7 Å². The number of halogens is 4. The van der Waals surface area contributed by atoms with E-state index in [1.807, 2.05) is 11.8 Å². The zero-order valence-corrected chi connectivity index (χ0v) is 17.5. The average Bonchev–Trinajstić information content (AvgIpc) is 3.12. The number of guanidine groups is 1. The Morgan fingerprint density at radius 1 is 1.46 bits per heavy atom. The Morgan fingerprint density at radius 2 is 2.21 bits per heavy atom. The molecule has 0 spiro atoms. The molecule has 1 heterocycles. The maximum absolute atomic E-state index is 12.5. The molecule has 0 saturated heterocycles. The van der Waals surface area contributed by atoms with E-state index in [0.29, 0.717) is 22.3 Å². The third-order valence-corrected chi connectivity index (χ3v) is 5.68. The van der Waals surface area contributed by atoms with Crippen LogP contribution in [0.1, 0.15) is 36.9 Å². The Hall–Kier alpha value is -0.230. The summed E-state index contributed by atoms with van der Waals surface area (Å²) >= 11 is 2.98. The molecule has 2 unspecified atom stereocenters. The van der Waals surface area contributed by atoms with E-state index in [2.05, 4.69) is 27.5 Å². The number of hydrogen-bond donors (Lipinski definition) is 2. The minimum absolute atomic E-state index is 0. The molecule has 0 aliphatic heterocycles. The first-order chi connectivity index (χ1) is 10.9. The van der Waals surface area contributed by atoms with Crippen LogP contribution in [0.4, 0.5) is 13.2 Å². The van der Waals surface area contributed by atoms with Gasteiger partial charge >= 0.3 is 6.18 Å². The van der Waals surface area contributed by atoms with Crippen LogP contribution >= 0.6 is 47.1 Å². The van der Waals surface area contributed by atoms with Gasteiger partial charge in [0.25, 0.3) is 0 Å². The topological polar surface area (TPSA) is 49.3 Å².